The zero-order chi connectivity index (χ0) is 12.1. The summed E-state index contributed by atoms with van der Waals surface area (Å²) in [6.45, 7) is 1.89. The number of methoxy groups -OCH3 is 1. The Labute approximate surface area is 101 Å². The molecular formula is C12H18N2O3. The summed E-state index contributed by atoms with van der Waals surface area (Å²) in [5, 5.41) is 0. The van der Waals surface area contributed by atoms with Crippen LogP contribution in [-0.2, 0) is 4.74 Å². The SMILES string of the molecule is COCC(NN)c1ccc2c(c1)OCCCO2. The molecular weight excluding hydrogens is 220 g/mol. The van der Waals surface area contributed by atoms with E-state index in [1.54, 1.807) is 7.11 Å². The summed E-state index contributed by atoms with van der Waals surface area (Å²) in [4.78, 5) is 0. The number of benzene rings is 1. The van der Waals surface area contributed by atoms with Crippen molar-refractivity contribution in [1.82, 2.24) is 5.43 Å². The zero-order valence-corrected chi connectivity index (χ0v) is 9.94. The summed E-state index contributed by atoms with van der Waals surface area (Å²) >= 11 is 0. The van der Waals surface area contributed by atoms with Crippen LogP contribution in [0.1, 0.15) is 18.0 Å². The molecule has 0 bridgehead atoms. The Bertz CT molecular complexity index is 371. The van der Waals surface area contributed by atoms with Gasteiger partial charge in [-0.2, -0.15) is 0 Å². The third-order valence-electron chi connectivity index (χ3n) is 2.71. The molecule has 3 N–H and O–H groups in total. The van der Waals surface area contributed by atoms with Crippen LogP contribution in [0.15, 0.2) is 18.2 Å². The molecule has 1 unspecified atom stereocenters. The second-order valence-corrected chi connectivity index (χ2v) is 3.93. The molecule has 17 heavy (non-hydrogen) atoms. The van der Waals surface area contributed by atoms with Gasteiger partial charge in [-0.05, 0) is 17.7 Å². The number of hydrogen-bond donors (Lipinski definition) is 2. The Kier molecular flexibility index (Phi) is 4.19. The lowest BCUT2D eigenvalue weighted by Crippen LogP contribution is -2.31. The largest absolute Gasteiger partial charge is 0.490 e. The normalized spacial score (nSPS) is 16.4. The van der Waals surface area contributed by atoms with E-state index in [1.807, 2.05) is 18.2 Å². The molecule has 5 nitrogen and oxygen atoms in total. The topological polar surface area (TPSA) is 65.7 Å². The first-order valence-electron chi connectivity index (χ1n) is 5.69. The molecule has 1 aromatic carbocycles. The van der Waals surface area contributed by atoms with Gasteiger partial charge in [-0.1, -0.05) is 6.07 Å². The maximum atomic E-state index is 5.63. The van der Waals surface area contributed by atoms with Crippen LogP contribution >= 0.6 is 0 Å². The highest BCUT2D eigenvalue weighted by molar-refractivity contribution is 5.44. The van der Waals surface area contributed by atoms with E-state index >= 15 is 0 Å². The van der Waals surface area contributed by atoms with Crippen molar-refractivity contribution >= 4 is 0 Å². The van der Waals surface area contributed by atoms with E-state index < -0.39 is 0 Å². The quantitative estimate of drug-likeness (QED) is 0.605. The number of fused-ring (bicyclic) bond motifs is 1. The maximum Gasteiger partial charge on any atom is 0.161 e. The first kappa shape index (κ1) is 12.2. The minimum atomic E-state index is -0.0443. The lowest BCUT2D eigenvalue weighted by molar-refractivity contribution is 0.167. The van der Waals surface area contributed by atoms with Crippen molar-refractivity contribution in [1.29, 1.82) is 0 Å². The van der Waals surface area contributed by atoms with Crippen LogP contribution in [0.5, 0.6) is 11.5 Å². The average molecular weight is 238 g/mol. The van der Waals surface area contributed by atoms with Gasteiger partial charge in [-0.15, -0.1) is 0 Å². The summed E-state index contributed by atoms with van der Waals surface area (Å²) in [7, 11) is 1.65. The fourth-order valence-electron chi connectivity index (χ4n) is 1.80. The van der Waals surface area contributed by atoms with E-state index in [4.69, 9.17) is 20.1 Å². The fourth-order valence-corrected chi connectivity index (χ4v) is 1.80. The molecule has 0 amide bonds. The molecule has 1 aromatic rings. The Balaban J connectivity index is 2.21. The molecule has 1 aliphatic rings. The predicted octanol–water partition coefficient (Wildman–Crippen LogP) is 0.999. The second-order valence-electron chi connectivity index (χ2n) is 3.93. The minimum absolute atomic E-state index is 0.0443. The highest BCUT2D eigenvalue weighted by Gasteiger charge is 2.15. The number of nitrogens with two attached hydrogens (primary N) is 1. The summed E-state index contributed by atoms with van der Waals surface area (Å²) < 4.78 is 16.3. The van der Waals surface area contributed by atoms with Crippen molar-refractivity contribution < 1.29 is 14.2 Å². The van der Waals surface area contributed by atoms with E-state index in [0.717, 1.165) is 23.5 Å². The molecule has 1 atom stereocenters. The Morgan fingerprint density at radius 1 is 1.35 bits per heavy atom. The molecule has 2 rings (SSSR count). The van der Waals surface area contributed by atoms with Crippen LogP contribution in [0.25, 0.3) is 0 Å². The number of hydrazine groups is 1. The van der Waals surface area contributed by atoms with Gasteiger partial charge in [0, 0.05) is 13.5 Å². The number of rotatable bonds is 4. The minimum Gasteiger partial charge on any atom is -0.490 e. The van der Waals surface area contributed by atoms with Gasteiger partial charge in [0.2, 0.25) is 0 Å². The van der Waals surface area contributed by atoms with Gasteiger partial charge in [0.15, 0.2) is 11.5 Å². The van der Waals surface area contributed by atoms with Gasteiger partial charge >= 0.3 is 0 Å². The van der Waals surface area contributed by atoms with Crippen LogP contribution in [0, 0.1) is 0 Å². The molecule has 0 radical (unpaired) electrons. The van der Waals surface area contributed by atoms with Crippen molar-refractivity contribution in [3.63, 3.8) is 0 Å². The Morgan fingerprint density at radius 2 is 2.12 bits per heavy atom. The summed E-state index contributed by atoms with van der Waals surface area (Å²) in [5.41, 5.74) is 3.75. The monoisotopic (exact) mass is 238 g/mol. The summed E-state index contributed by atoms with van der Waals surface area (Å²) in [6.07, 6.45) is 0.903. The van der Waals surface area contributed by atoms with Gasteiger partial charge in [0.25, 0.3) is 0 Å². The molecule has 0 saturated heterocycles. The van der Waals surface area contributed by atoms with Crippen molar-refractivity contribution in [3.8, 4) is 11.5 Å². The Morgan fingerprint density at radius 3 is 2.82 bits per heavy atom. The molecule has 1 aliphatic heterocycles. The van der Waals surface area contributed by atoms with Gasteiger partial charge in [-0.3, -0.25) is 11.3 Å². The van der Waals surface area contributed by atoms with Gasteiger partial charge in [-0.25, -0.2) is 0 Å². The van der Waals surface area contributed by atoms with E-state index in [2.05, 4.69) is 5.43 Å². The number of nitrogens with one attached hydrogen (secondary N) is 1. The van der Waals surface area contributed by atoms with E-state index in [1.165, 1.54) is 0 Å². The maximum absolute atomic E-state index is 5.63. The van der Waals surface area contributed by atoms with Crippen LogP contribution in [-0.4, -0.2) is 26.9 Å². The van der Waals surface area contributed by atoms with Gasteiger partial charge < -0.3 is 14.2 Å². The molecule has 0 aliphatic carbocycles. The van der Waals surface area contributed by atoms with E-state index in [9.17, 15) is 0 Å². The second kappa shape index (κ2) is 5.86. The fraction of sp³-hybridized carbons (Fsp3) is 0.500. The van der Waals surface area contributed by atoms with Crippen molar-refractivity contribution in [2.45, 2.75) is 12.5 Å². The predicted molar refractivity (Wildman–Crippen MR) is 64.0 cm³/mol. The van der Waals surface area contributed by atoms with Crippen molar-refractivity contribution in [3.05, 3.63) is 23.8 Å². The third-order valence-corrected chi connectivity index (χ3v) is 2.71. The van der Waals surface area contributed by atoms with Crippen molar-refractivity contribution in [2.24, 2.45) is 5.84 Å². The Hall–Kier alpha value is -1.30. The molecule has 1 heterocycles. The van der Waals surface area contributed by atoms with Crippen LogP contribution < -0.4 is 20.7 Å². The highest BCUT2D eigenvalue weighted by atomic mass is 16.5. The number of hydrogen-bond acceptors (Lipinski definition) is 5. The van der Waals surface area contributed by atoms with E-state index in [0.29, 0.717) is 19.8 Å². The molecule has 5 heteroatoms. The summed E-state index contributed by atoms with van der Waals surface area (Å²) in [5.74, 6) is 7.06. The van der Waals surface area contributed by atoms with Gasteiger partial charge in [0.1, 0.15) is 0 Å². The average Bonchev–Trinajstić information content (AvgIpc) is 2.60. The third kappa shape index (κ3) is 2.88. The first-order chi connectivity index (χ1) is 8.35. The van der Waals surface area contributed by atoms with E-state index in [-0.39, 0.29) is 6.04 Å². The molecule has 0 saturated carbocycles. The summed E-state index contributed by atoms with van der Waals surface area (Å²) in [6, 6.07) is 5.79. The van der Waals surface area contributed by atoms with Crippen molar-refractivity contribution in [2.75, 3.05) is 26.9 Å². The molecule has 0 fully saturated rings. The molecule has 94 valence electrons. The first-order valence-corrected chi connectivity index (χ1v) is 5.69. The lowest BCUT2D eigenvalue weighted by Gasteiger charge is -2.17. The molecule has 0 aromatic heterocycles. The lowest BCUT2D eigenvalue weighted by atomic mass is 10.1. The zero-order valence-electron chi connectivity index (χ0n) is 9.94. The standard InChI is InChI=1S/C12H18N2O3/c1-15-8-10(14-13)9-3-4-11-12(7-9)17-6-2-5-16-11/h3-4,7,10,14H,2,5-6,8,13H2,1H3. The van der Waals surface area contributed by atoms with Crippen LogP contribution in [0.4, 0.5) is 0 Å². The van der Waals surface area contributed by atoms with Crippen LogP contribution in [0.2, 0.25) is 0 Å². The van der Waals surface area contributed by atoms with Crippen LogP contribution in [0.3, 0.4) is 0 Å². The number of ether oxygens (including phenoxy) is 3. The molecule has 0 spiro atoms. The highest BCUT2D eigenvalue weighted by Crippen LogP contribution is 2.32. The van der Waals surface area contributed by atoms with Gasteiger partial charge in [0.05, 0.1) is 25.9 Å². The smallest absolute Gasteiger partial charge is 0.161 e.